The number of hydrogen-bond acceptors (Lipinski definition) is 7. The molecule has 3 heterocycles. The van der Waals surface area contributed by atoms with E-state index in [4.69, 9.17) is 9.47 Å². The Morgan fingerprint density at radius 2 is 2.15 bits per heavy atom. The van der Waals surface area contributed by atoms with Crippen molar-refractivity contribution in [3.8, 4) is 0 Å². The largest absolute Gasteiger partial charge is 0.465 e. The molecule has 7 nitrogen and oxygen atoms in total. The number of nitrogens with zero attached hydrogens (tertiary/aromatic N) is 3. The Labute approximate surface area is 197 Å². The molecule has 2 aliphatic heterocycles. The van der Waals surface area contributed by atoms with Crippen molar-refractivity contribution < 1.29 is 23.5 Å². The van der Waals surface area contributed by atoms with Crippen molar-refractivity contribution >= 4 is 23.2 Å². The first-order valence-corrected chi connectivity index (χ1v) is 12.3. The minimum atomic E-state index is -0.441. The Balaban J connectivity index is 1.42. The number of likely N-dealkylation sites (tertiary alicyclic amines) is 1. The van der Waals surface area contributed by atoms with Crippen LogP contribution in [0.4, 0.5) is 4.39 Å². The van der Waals surface area contributed by atoms with Gasteiger partial charge in [-0.25, -0.2) is 9.37 Å². The average molecular weight is 476 g/mol. The van der Waals surface area contributed by atoms with Gasteiger partial charge in [-0.2, -0.15) is 0 Å². The molecule has 0 aliphatic carbocycles. The number of ether oxygens (including phenoxy) is 2. The van der Waals surface area contributed by atoms with E-state index in [-0.39, 0.29) is 30.8 Å². The molecule has 1 aromatic carbocycles. The van der Waals surface area contributed by atoms with Gasteiger partial charge < -0.3 is 19.3 Å². The maximum absolute atomic E-state index is 13.9. The van der Waals surface area contributed by atoms with Gasteiger partial charge in [0.1, 0.15) is 12.4 Å². The summed E-state index contributed by atoms with van der Waals surface area (Å²) in [4.78, 5) is 33.2. The van der Waals surface area contributed by atoms with Crippen molar-refractivity contribution in [1.82, 2.24) is 14.8 Å². The van der Waals surface area contributed by atoms with Crippen LogP contribution in [0, 0.1) is 11.7 Å². The van der Waals surface area contributed by atoms with Crippen molar-refractivity contribution in [1.29, 1.82) is 0 Å². The molecule has 0 N–H and O–H groups in total. The van der Waals surface area contributed by atoms with Crippen LogP contribution in [0.1, 0.15) is 36.6 Å². The zero-order valence-corrected chi connectivity index (χ0v) is 19.9. The van der Waals surface area contributed by atoms with Crippen LogP contribution < -0.4 is 0 Å². The second-order valence-electron chi connectivity index (χ2n) is 8.77. The Kier molecular flexibility index (Phi) is 7.41. The molecule has 178 valence electrons. The lowest BCUT2D eigenvalue weighted by molar-refractivity contribution is -0.149. The number of fused-ring (bicyclic) bond motifs is 2. The number of halogens is 1. The molecule has 1 spiro atoms. The molecule has 2 aromatic rings. The quantitative estimate of drug-likeness (QED) is 0.547. The average Bonchev–Trinajstić information content (AvgIpc) is 3.43. The molecule has 9 heteroatoms. The van der Waals surface area contributed by atoms with Crippen LogP contribution in [0.5, 0.6) is 0 Å². The summed E-state index contributed by atoms with van der Waals surface area (Å²) >= 11 is 1.50. The van der Waals surface area contributed by atoms with Crippen LogP contribution in [0.15, 0.2) is 29.1 Å². The number of aromatic nitrogens is 1. The lowest BCUT2D eigenvalue weighted by atomic mass is 9.83. The molecule has 4 rings (SSSR count). The van der Waals surface area contributed by atoms with Gasteiger partial charge in [0, 0.05) is 38.5 Å². The highest BCUT2D eigenvalue weighted by Gasteiger charge is 2.43. The third-order valence-electron chi connectivity index (χ3n) is 6.55. The van der Waals surface area contributed by atoms with Crippen LogP contribution in [0.3, 0.4) is 0 Å². The molecule has 1 fully saturated rings. The molecule has 1 unspecified atom stereocenters. The lowest BCUT2D eigenvalue weighted by Crippen LogP contribution is -2.47. The third kappa shape index (κ3) is 5.42. The molecule has 0 radical (unpaired) electrons. The van der Waals surface area contributed by atoms with Gasteiger partial charge in [-0.1, -0.05) is 6.07 Å². The van der Waals surface area contributed by atoms with E-state index in [1.165, 1.54) is 22.3 Å². The van der Waals surface area contributed by atoms with E-state index in [0.717, 1.165) is 42.8 Å². The Morgan fingerprint density at radius 1 is 1.36 bits per heavy atom. The van der Waals surface area contributed by atoms with Gasteiger partial charge in [-0.05, 0) is 43.0 Å². The second kappa shape index (κ2) is 10.3. The second-order valence-corrected chi connectivity index (χ2v) is 9.48. The fraction of sp³-hybridized carbons (Fsp3) is 0.542. The fourth-order valence-electron chi connectivity index (χ4n) is 4.83. The molecule has 1 saturated heterocycles. The third-order valence-corrected chi connectivity index (χ3v) is 7.18. The number of thiazole rings is 1. The maximum atomic E-state index is 13.9. The van der Waals surface area contributed by atoms with Crippen LogP contribution in [-0.4, -0.2) is 66.5 Å². The highest BCUT2D eigenvalue weighted by atomic mass is 32.1. The summed E-state index contributed by atoms with van der Waals surface area (Å²) in [5.41, 5.74) is 4.22. The number of piperidine rings is 1. The number of rotatable bonds is 8. The predicted octanol–water partition coefficient (Wildman–Crippen LogP) is 2.98. The molecule has 1 atom stereocenters. The van der Waals surface area contributed by atoms with Gasteiger partial charge in [-0.3, -0.25) is 9.59 Å². The predicted molar refractivity (Wildman–Crippen MR) is 122 cm³/mol. The molecule has 1 aromatic heterocycles. The lowest BCUT2D eigenvalue weighted by Gasteiger charge is -2.40. The van der Waals surface area contributed by atoms with E-state index < -0.39 is 11.6 Å². The number of amides is 1. The van der Waals surface area contributed by atoms with Crippen LogP contribution >= 0.6 is 11.3 Å². The SMILES string of the molecule is CCOC(=O)CN(C)C(=O)C(Cc1cscn1)CN1CCC2(CC1)OCc1ccc(F)cc12. The zero-order valence-electron chi connectivity index (χ0n) is 19.1. The molecular formula is C24H30FN3O4S. The first-order chi connectivity index (χ1) is 15.9. The van der Waals surface area contributed by atoms with E-state index in [1.54, 1.807) is 25.5 Å². The smallest absolute Gasteiger partial charge is 0.325 e. The Morgan fingerprint density at radius 3 is 2.85 bits per heavy atom. The number of carbonyl (C=O) groups is 2. The minimum Gasteiger partial charge on any atom is -0.465 e. The number of likely N-dealkylation sites (N-methyl/N-ethyl adjacent to an activating group) is 1. The fourth-order valence-corrected chi connectivity index (χ4v) is 5.40. The van der Waals surface area contributed by atoms with E-state index in [1.807, 2.05) is 11.4 Å². The highest BCUT2D eigenvalue weighted by Crippen LogP contribution is 2.44. The van der Waals surface area contributed by atoms with Crippen LogP contribution in [0.25, 0.3) is 0 Å². The highest BCUT2D eigenvalue weighted by molar-refractivity contribution is 7.07. The molecule has 0 bridgehead atoms. The normalized spacial score (nSPS) is 18.2. The summed E-state index contributed by atoms with van der Waals surface area (Å²) in [6.07, 6.45) is 2.02. The van der Waals surface area contributed by atoms with Gasteiger partial charge >= 0.3 is 5.97 Å². The molecular weight excluding hydrogens is 445 g/mol. The van der Waals surface area contributed by atoms with Crippen LogP contribution in [-0.2, 0) is 37.7 Å². The van der Waals surface area contributed by atoms with Crippen molar-refractivity contribution in [3.63, 3.8) is 0 Å². The van der Waals surface area contributed by atoms with E-state index in [2.05, 4.69) is 9.88 Å². The van der Waals surface area contributed by atoms with Gasteiger partial charge in [-0.15, -0.1) is 11.3 Å². The summed E-state index contributed by atoms with van der Waals surface area (Å²) < 4.78 is 25.0. The number of carbonyl (C=O) groups excluding carboxylic acids is 2. The molecule has 2 aliphatic rings. The monoisotopic (exact) mass is 475 g/mol. The summed E-state index contributed by atoms with van der Waals surface area (Å²) in [6.45, 7) is 4.54. The molecule has 0 saturated carbocycles. The number of benzene rings is 1. The Bertz CT molecular complexity index is 976. The first kappa shape index (κ1) is 23.8. The standard InChI is InChI=1S/C24H30FN3O4S/c1-3-31-22(29)13-27(2)23(30)18(10-20-15-33-16-26-20)12-28-8-6-24(7-9-28)21-11-19(25)5-4-17(21)14-32-24/h4-5,11,15-16,18H,3,6-10,12-14H2,1-2H3. The van der Waals surface area contributed by atoms with E-state index >= 15 is 0 Å². The molecule has 33 heavy (non-hydrogen) atoms. The Hall–Kier alpha value is -2.36. The van der Waals surface area contributed by atoms with Gasteiger partial charge in [0.15, 0.2) is 0 Å². The van der Waals surface area contributed by atoms with Crippen molar-refractivity contribution in [2.75, 3.05) is 39.8 Å². The number of hydrogen-bond donors (Lipinski definition) is 0. The van der Waals surface area contributed by atoms with E-state index in [9.17, 15) is 14.0 Å². The molecule has 1 amide bonds. The summed E-state index contributed by atoms with van der Waals surface area (Å²) in [6, 6.07) is 4.91. The van der Waals surface area contributed by atoms with Crippen molar-refractivity contribution in [2.45, 2.75) is 38.4 Å². The first-order valence-electron chi connectivity index (χ1n) is 11.3. The van der Waals surface area contributed by atoms with Gasteiger partial charge in [0.25, 0.3) is 0 Å². The zero-order chi connectivity index (χ0) is 23.4. The van der Waals surface area contributed by atoms with Crippen molar-refractivity contribution in [2.24, 2.45) is 5.92 Å². The summed E-state index contributed by atoms with van der Waals surface area (Å²) in [5.74, 6) is -1.07. The summed E-state index contributed by atoms with van der Waals surface area (Å²) in [5, 5.41) is 1.95. The summed E-state index contributed by atoms with van der Waals surface area (Å²) in [7, 11) is 1.64. The minimum absolute atomic E-state index is 0.0699. The topological polar surface area (TPSA) is 72.0 Å². The number of esters is 1. The van der Waals surface area contributed by atoms with Gasteiger partial charge in [0.2, 0.25) is 5.91 Å². The van der Waals surface area contributed by atoms with E-state index in [0.29, 0.717) is 19.6 Å². The van der Waals surface area contributed by atoms with Crippen LogP contribution in [0.2, 0.25) is 0 Å². The van der Waals surface area contributed by atoms with Gasteiger partial charge in [0.05, 0.1) is 35.9 Å². The maximum Gasteiger partial charge on any atom is 0.325 e. The van der Waals surface area contributed by atoms with Crippen molar-refractivity contribution in [3.05, 3.63) is 51.7 Å².